The lowest BCUT2D eigenvalue weighted by Crippen LogP contribution is -2.38. The van der Waals surface area contributed by atoms with Crippen molar-refractivity contribution in [3.8, 4) is 0 Å². The first kappa shape index (κ1) is 11.7. The number of hydrogen-bond donors (Lipinski definition) is 0. The van der Waals surface area contributed by atoms with Crippen molar-refractivity contribution in [2.45, 2.75) is 6.92 Å². The molecule has 0 spiro atoms. The first-order valence-electron chi connectivity index (χ1n) is 4.98. The number of fused-ring (bicyclic) bond motifs is 1. The highest BCUT2D eigenvalue weighted by atomic mass is 19.4. The largest absolute Gasteiger partial charge is 0.510 e. The van der Waals surface area contributed by atoms with Crippen LogP contribution in [0.15, 0.2) is 23.0 Å². The normalized spacial score (nSPS) is 12.1. The average Bonchev–Trinajstić information content (AvgIpc) is 2.24. The van der Waals surface area contributed by atoms with Gasteiger partial charge in [0, 0.05) is 12.4 Å². The van der Waals surface area contributed by atoms with Crippen LogP contribution in [0.1, 0.15) is 5.82 Å². The van der Waals surface area contributed by atoms with E-state index in [9.17, 15) is 17.7 Å². The molecule has 17 heavy (non-hydrogen) atoms. The number of benzene rings is 1. The molecular weight excluding hydrogens is 232 g/mol. The molecule has 1 aromatic carbocycles. The highest BCUT2D eigenvalue weighted by Gasteiger charge is 2.29. The van der Waals surface area contributed by atoms with Crippen molar-refractivity contribution < 1.29 is 12.9 Å². The van der Waals surface area contributed by atoms with Gasteiger partial charge in [0.05, 0.1) is 5.52 Å². The molecule has 90 valence electrons. The summed E-state index contributed by atoms with van der Waals surface area (Å²) in [7, 11) is 1.41. The van der Waals surface area contributed by atoms with Gasteiger partial charge in [-0.05, 0) is 13.0 Å². The highest BCUT2D eigenvalue weighted by molar-refractivity contribution is 6.75. The lowest BCUT2D eigenvalue weighted by Gasteiger charge is -2.17. The van der Waals surface area contributed by atoms with Gasteiger partial charge < -0.3 is 12.9 Å². The van der Waals surface area contributed by atoms with E-state index in [4.69, 9.17) is 0 Å². The minimum absolute atomic E-state index is 0.0855. The van der Waals surface area contributed by atoms with Crippen molar-refractivity contribution in [1.29, 1.82) is 0 Å². The van der Waals surface area contributed by atoms with Crippen molar-refractivity contribution in [3.05, 3.63) is 34.4 Å². The van der Waals surface area contributed by atoms with E-state index in [1.54, 1.807) is 6.92 Å². The van der Waals surface area contributed by atoms with Gasteiger partial charge in [-0.15, -0.1) is 0 Å². The first-order valence-corrected chi connectivity index (χ1v) is 4.98. The van der Waals surface area contributed by atoms with Crippen LogP contribution in [-0.4, -0.2) is 16.5 Å². The second kappa shape index (κ2) is 3.61. The Labute approximate surface area is 95.0 Å². The summed E-state index contributed by atoms with van der Waals surface area (Å²) in [6.07, 6.45) is 0. The summed E-state index contributed by atoms with van der Waals surface area (Å²) in [4.78, 5) is 15.8. The van der Waals surface area contributed by atoms with Crippen LogP contribution in [-0.2, 0) is 7.05 Å². The average molecular weight is 241 g/mol. The number of aromatic nitrogens is 2. The van der Waals surface area contributed by atoms with Crippen LogP contribution in [0.4, 0.5) is 12.9 Å². The maximum atomic E-state index is 12.8. The lowest BCUT2D eigenvalue weighted by molar-refractivity contribution is 0.501. The third kappa shape index (κ3) is 1.81. The molecule has 7 heteroatoms. The molecule has 0 fully saturated rings. The molecule has 0 aliphatic rings. The molecule has 0 saturated carbocycles. The molecular formula is C10H9BF3N2O-. The SMILES string of the molecule is Cc1nc2cccc([B-](F)(F)F)c2c(=O)n1C. The first-order chi connectivity index (χ1) is 7.82. The fourth-order valence-corrected chi connectivity index (χ4v) is 1.72. The van der Waals surface area contributed by atoms with Gasteiger partial charge >= 0.3 is 6.98 Å². The second-order valence-electron chi connectivity index (χ2n) is 3.84. The van der Waals surface area contributed by atoms with Gasteiger partial charge in [-0.3, -0.25) is 9.36 Å². The Balaban J connectivity index is 3.00. The van der Waals surface area contributed by atoms with E-state index in [1.165, 1.54) is 19.2 Å². The van der Waals surface area contributed by atoms with Gasteiger partial charge in [-0.1, -0.05) is 17.6 Å². The van der Waals surface area contributed by atoms with Crippen LogP contribution < -0.4 is 11.0 Å². The van der Waals surface area contributed by atoms with E-state index in [-0.39, 0.29) is 10.9 Å². The summed E-state index contributed by atoms with van der Waals surface area (Å²) in [5, 5.41) is -0.354. The maximum Gasteiger partial charge on any atom is 0.510 e. The summed E-state index contributed by atoms with van der Waals surface area (Å²) in [6.45, 7) is -3.64. The van der Waals surface area contributed by atoms with Crippen molar-refractivity contribution in [2.75, 3.05) is 0 Å². The topological polar surface area (TPSA) is 34.9 Å². The fourth-order valence-electron chi connectivity index (χ4n) is 1.72. The Hall–Kier alpha value is -1.79. The van der Waals surface area contributed by atoms with Crippen LogP contribution in [0.2, 0.25) is 0 Å². The van der Waals surface area contributed by atoms with Crippen LogP contribution in [0.25, 0.3) is 10.9 Å². The number of hydrogen-bond acceptors (Lipinski definition) is 2. The summed E-state index contributed by atoms with van der Waals surface area (Å²) >= 11 is 0. The lowest BCUT2D eigenvalue weighted by atomic mass is 9.78. The smallest absolute Gasteiger partial charge is 0.445 e. The van der Waals surface area contributed by atoms with Gasteiger partial charge in [0.15, 0.2) is 0 Å². The Morgan fingerprint density at radius 1 is 1.29 bits per heavy atom. The summed E-state index contributed by atoms with van der Waals surface area (Å²) in [5.74, 6) is 0.384. The molecule has 1 aromatic heterocycles. The second-order valence-corrected chi connectivity index (χ2v) is 3.84. The zero-order valence-corrected chi connectivity index (χ0v) is 9.25. The minimum Gasteiger partial charge on any atom is -0.445 e. The van der Waals surface area contributed by atoms with E-state index >= 15 is 0 Å². The van der Waals surface area contributed by atoms with Crippen LogP contribution in [0.5, 0.6) is 0 Å². The monoisotopic (exact) mass is 241 g/mol. The zero-order chi connectivity index (χ0) is 12.8. The minimum atomic E-state index is -5.21. The molecule has 0 unspecified atom stereocenters. The standard InChI is InChI=1S/C10H9BF3N2O/c1-6-15-8-5-3-4-7(11(12,13)14)9(8)10(17)16(6)2/h3-5H,1-2H3/q-1. The molecule has 2 rings (SSSR count). The van der Waals surface area contributed by atoms with E-state index < -0.39 is 18.0 Å². The molecule has 0 N–H and O–H groups in total. The third-order valence-corrected chi connectivity index (χ3v) is 2.71. The summed E-state index contributed by atoms with van der Waals surface area (Å²) < 4.78 is 39.6. The Morgan fingerprint density at radius 3 is 2.53 bits per heavy atom. The van der Waals surface area contributed by atoms with Crippen LogP contribution in [0, 0.1) is 6.92 Å². The number of nitrogens with zero attached hydrogens (tertiary/aromatic N) is 2. The van der Waals surface area contributed by atoms with E-state index in [0.29, 0.717) is 5.82 Å². The Morgan fingerprint density at radius 2 is 1.94 bits per heavy atom. The van der Waals surface area contributed by atoms with E-state index in [1.807, 2.05) is 0 Å². The predicted molar refractivity (Wildman–Crippen MR) is 60.4 cm³/mol. The summed E-state index contributed by atoms with van der Waals surface area (Å²) in [5.41, 5.74) is -1.46. The van der Waals surface area contributed by atoms with Gasteiger partial charge in [0.2, 0.25) is 0 Å². The molecule has 0 aliphatic carbocycles. The zero-order valence-electron chi connectivity index (χ0n) is 9.25. The Bertz CT molecular complexity index is 648. The van der Waals surface area contributed by atoms with Crippen LogP contribution in [0.3, 0.4) is 0 Å². The fraction of sp³-hybridized carbons (Fsp3) is 0.200. The molecule has 2 aromatic rings. The molecule has 0 atom stereocenters. The van der Waals surface area contributed by atoms with Crippen LogP contribution >= 0.6 is 0 Å². The van der Waals surface area contributed by atoms with Crippen molar-refractivity contribution in [3.63, 3.8) is 0 Å². The molecule has 1 heterocycles. The van der Waals surface area contributed by atoms with Crippen molar-refractivity contribution >= 4 is 23.3 Å². The molecule has 0 amide bonds. The predicted octanol–water partition coefficient (Wildman–Crippen LogP) is 1.30. The van der Waals surface area contributed by atoms with Crippen molar-refractivity contribution in [2.24, 2.45) is 7.05 Å². The molecule has 3 nitrogen and oxygen atoms in total. The summed E-state index contributed by atoms with van der Waals surface area (Å²) in [6, 6.07) is 3.59. The van der Waals surface area contributed by atoms with Gasteiger partial charge in [-0.25, -0.2) is 4.98 Å². The number of rotatable bonds is 1. The van der Waals surface area contributed by atoms with Crippen molar-refractivity contribution in [1.82, 2.24) is 9.55 Å². The van der Waals surface area contributed by atoms with Gasteiger partial charge in [-0.2, -0.15) is 0 Å². The molecule has 0 bridgehead atoms. The molecule has 0 saturated heterocycles. The molecule has 0 aliphatic heterocycles. The quantitative estimate of drug-likeness (QED) is 0.705. The third-order valence-electron chi connectivity index (χ3n) is 2.71. The number of aryl methyl sites for hydroxylation is 1. The van der Waals surface area contributed by atoms with E-state index in [0.717, 1.165) is 10.6 Å². The molecule has 0 radical (unpaired) electrons. The Kier molecular flexibility index (Phi) is 2.48. The highest BCUT2D eigenvalue weighted by Crippen LogP contribution is 2.14. The van der Waals surface area contributed by atoms with Gasteiger partial charge in [0.25, 0.3) is 5.56 Å². The van der Waals surface area contributed by atoms with E-state index in [2.05, 4.69) is 4.98 Å². The maximum absolute atomic E-state index is 12.8. The van der Waals surface area contributed by atoms with Gasteiger partial charge in [0.1, 0.15) is 5.82 Å². The number of halogens is 3.